The van der Waals surface area contributed by atoms with Gasteiger partial charge in [-0.05, 0) is 19.4 Å². The maximum absolute atomic E-state index is 5.42. The van der Waals surface area contributed by atoms with Crippen LogP contribution in [0.15, 0.2) is 0 Å². The van der Waals surface area contributed by atoms with Gasteiger partial charge in [0, 0.05) is 6.04 Å². The average Bonchev–Trinajstić information content (AvgIpc) is 2.05. The van der Waals surface area contributed by atoms with Crippen molar-refractivity contribution < 1.29 is 0 Å². The van der Waals surface area contributed by atoms with Crippen LogP contribution >= 0.6 is 24.4 Å². The van der Waals surface area contributed by atoms with Crippen molar-refractivity contribution in [2.75, 3.05) is 6.54 Å². The van der Waals surface area contributed by atoms with Gasteiger partial charge in [-0.25, -0.2) is 0 Å². The highest BCUT2D eigenvalue weighted by molar-refractivity contribution is 7.89. The monoisotopic (exact) mass is 188 g/mol. The van der Waals surface area contributed by atoms with Gasteiger partial charge in [-0.1, -0.05) is 30.9 Å². The zero-order valence-electron chi connectivity index (χ0n) is 6.30. The summed E-state index contributed by atoms with van der Waals surface area (Å²) in [6.07, 6.45) is 3.53. The third-order valence-corrected chi connectivity index (χ3v) is 2.72. The van der Waals surface area contributed by atoms with Gasteiger partial charge in [-0.15, -0.1) is 0 Å². The molecule has 1 saturated heterocycles. The molecule has 0 bridgehead atoms. The minimum Gasteiger partial charge on any atom is -0.389 e. The molecule has 1 heterocycles. The molecule has 0 radical (unpaired) electrons. The van der Waals surface area contributed by atoms with E-state index >= 15 is 0 Å². The number of thiocarbonyl (C=S) groups is 2. The molecule has 0 aromatic rings. The summed E-state index contributed by atoms with van der Waals surface area (Å²) in [7, 11) is 0. The molecule has 1 atom stereocenters. The number of nitrogens with two attached hydrogens (primary N) is 1. The summed E-state index contributed by atoms with van der Waals surface area (Å²) >= 11 is 9.86. The molecule has 0 amide bonds. The molecule has 0 aromatic heterocycles. The molecule has 4 heteroatoms. The van der Waals surface area contributed by atoms with Gasteiger partial charge in [0.25, 0.3) is 0 Å². The van der Waals surface area contributed by atoms with E-state index in [1.165, 1.54) is 12.8 Å². The Bertz CT molecular complexity index is 173. The quantitative estimate of drug-likeness (QED) is 0.628. The van der Waals surface area contributed by atoms with Crippen molar-refractivity contribution in [3.63, 3.8) is 0 Å². The van der Waals surface area contributed by atoms with Crippen molar-refractivity contribution >= 4 is 34.3 Å². The average molecular weight is 188 g/mol. The normalized spacial score (nSPS) is 24.5. The van der Waals surface area contributed by atoms with E-state index in [0.717, 1.165) is 17.8 Å². The Labute approximate surface area is 77.5 Å². The van der Waals surface area contributed by atoms with Crippen LogP contribution in [0.3, 0.4) is 0 Å². The molecule has 1 unspecified atom stereocenters. The van der Waals surface area contributed by atoms with Crippen LogP contribution in [0.4, 0.5) is 0 Å². The lowest BCUT2D eigenvalue weighted by molar-refractivity contribution is 0.476. The van der Waals surface area contributed by atoms with E-state index < -0.39 is 0 Å². The number of piperidine rings is 1. The van der Waals surface area contributed by atoms with Crippen LogP contribution in [0.5, 0.6) is 0 Å². The Kier molecular flexibility index (Phi) is 3.36. The van der Waals surface area contributed by atoms with E-state index in [1.54, 1.807) is 0 Å². The Morgan fingerprint density at radius 3 is 2.55 bits per heavy atom. The van der Waals surface area contributed by atoms with Crippen LogP contribution in [-0.2, 0) is 0 Å². The second kappa shape index (κ2) is 4.09. The van der Waals surface area contributed by atoms with Crippen LogP contribution in [0.2, 0.25) is 0 Å². The first-order valence-electron chi connectivity index (χ1n) is 3.79. The van der Waals surface area contributed by atoms with Gasteiger partial charge >= 0.3 is 0 Å². The van der Waals surface area contributed by atoms with Crippen LogP contribution in [0.25, 0.3) is 0 Å². The Balaban J connectivity index is 2.45. The predicted molar refractivity (Wildman–Crippen MR) is 55.0 cm³/mol. The highest BCUT2D eigenvalue weighted by Gasteiger charge is 2.18. The third-order valence-electron chi connectivity index (χ3n) is 1.87. The molecule has 1 rings (SSSR count). The van der Waals surface area contributed by atoms with Crippen molar-refractivity contribution in [2.45, 2.75) is 25.3 Å². The van der Waals surface area contributed by atoms with Crippen molar-refractivity contribution in [1.29, 1.82) is 0 Å². The summed E-state index contributed by atoms with van der Waals surface area (Å²) in [5.41, 5.74) is 5.42. The number of nitrogens with one attached hydrogen (secondary N) is 1. The van der Waals surface area contributed by atoms with Gasteiger partial charge in [0.2, 0.25) is 0 Å². The summed E-state index contributed by atoms with van der Waals surface area (Å²) in [6, 6.07) is 0.260. The largest absolute Gasteiger partial charge is 0.389 e. The fourth-order valence-corrected chi connectivity index (χ4v) is 1.59. The zero-order valence-corrected chi connectivity index (χ0v) is 7.93. The smallest absolute Gasteiger partial charge is 0.112 e. The minimum atomic E-state index is 0.260. The number of hydrogen-bond donors (Lipinski definition) is 2. The lowest BCUT2D eigenvalue weighted by Crippen LogP contribution is -2.44. The highest BCUT2D eigenvalue weighted by atomic mass is 32.1. The first-order chi connectivity index (χ1) is 5.22. The van der Waals surface area contributed by atoms with E-state index in [2.05, 4.69) is 5.32 Å². The molecule has 11 heavy (non-hydrogen) atoms. The molecule has 62 valence electrons. The molecular weight excluding hydrogens is 176 g/mol. The summed E-state index contributed by atoms with van der Waals surface area (Å²) < 4.78 is 0. The third kappa shape index (κ3) is 2.47. The number of hydrogen-bond acceptors (Lipinski definition) is 3. The molecule has 1 fully saturated rings. The summed E-state index contributed by atoms with van der Waals surface area (Å²) in [5, 5.41) is 3.29. The van der Waals surface area contributed by atoms with Crippen molar-refractivity contribution in [2.24, 2.45) is 5.73 Å². The Morgan fingerprint density at radius 1 is 1.36 bits per heavy atom. The van der Waals surface area contributed by atoms with E-state index in [9.17, 15) is 0 Å². The molecule has 0 spiro atoms. The van der Waals surface area contributed by atoms with Crippen molar-refractivity contribution in [1.82, 2.24) is 5.32 Å². The molecule has 0 saturated carbocycles. The van der Waals surface area contributed by atoms with E-state index in [1.807, 2.05) is 0 Å². The van der Waals surface area contributed by atoms with Gasteiger partial charge < -0.3 is 11.1 Å². The fraction of sp³-hybridized carbons (Fsp3) is 0.714. The van der Waals surface area contributed by atoms with E-state index in [4.69, 9.17) is 30.2 Å². The Morgan fingerprint density at radius 2 is 2.09 bits per heavy atom. The van der Waals surface area contributed by atoms with E-state index in [0.29, 0.717) is 4.99 Å². The summed E-state index contributed by atoms with van der Waals surface area (Å²) in [5.74, 6) is 0. The first kappa shape index (κ1) is 9.03. The Hall–Kier alpha value is -0.0600. The highest BCUT2D eigenvalue weighted by Crippen LogP contribution is 2.08. The van der Waals surface area contributed by atoms with Gasteiger partial charge in [0.1, 0.15) is 4.99 Å². The van der Waals surface area contributed by atoms with Gasteiger partial charge in [-0.2, -0.15) is 0 Å². The molecule has 1 aliphatic rings. The SMILES string of the molecule is NC(=S)C(=S)C1CCCCN1. The van der Waals surface area contributed by atoms with E-state index in [-0.39, 0.29) is 6.04 Å². The van der Waals surface area contributed by atoms with Crippen molar-refractivity contribution in [3.8, 4) is 0 Å². The molecule has 0 aromatic carbocycles. The maximum Gasteiger partial charge on any atom is 0.112 e. The van der Waals surface area contributed by atoms with Gasteiger partial charge in [0.05, 0.1) is 4.86 Å². The topological polar surface area (TPSA) is 38.0 Å². The fourth-order valence-electron chi connectivity index (χ4n) is 1.25. The standard InChI is InChI=1S/C7H12N2S2/c8-7(11)6(10)5-3-1-2-4-9-5/h5,9H,1-4H2,(H2,8,11). The predicted octanol–water partition coefficient (Wildman–Crippen LogP) is 0.784. The molecular formula is C7H12N2S2. The van der Waals surface area contributed by atoms with Crippen LogP contribution in [0, 0.1) is 0 Å². The van der Waals surface area contributed by atoms with Crippen LogP contribution in [0.1, 0.15) is 19.3 Å². The number of rotatable bonds is 2. The molecule has 0 aliphatic carbocycles. The second-order valence-corrected chi connectivity index (χ2v) is 3.61. The summed E-state index contributed by atoms with van der Waals surface area (Å²) in [6.45, 7) is 1.04. The van der Waals surface area contributed by atoms with Crippen LogP contribution < -0.4 is 11.1 Å². The zero-order chi connectivity index (χ0) is 8.27. The van der Waals surface area contributed by atoms with Gasteiger partial charge in [0.15, 0.2) is 0 Å². The lowest BCUT2D eigenvalue weighted by atomic mass is 10.0. The summed E-state index contributed by atoms with van der Waals surface area (Å²) in [4.78, 5) is 1.10. The molecule has 2 nitrogen and oxygen atoms in total. The first-order valence-corrected chi connectivity index (χ1v) is 4.60. The van der Waals surface area contributed by atoms with Gasteiger partial charge in [-0.3, -0.25) is 0 Å². The minimum absolute atomic E-state index is 0.260. The maximum atomic E-state index is 5.42. The molecule has 3 N–H and O–H groups in total. The molecule has 1 aliphatic heterocycles. The van der Waals surface area contributed by atoms with Crippen molar-refractivity contribution in [3.05, 3.63) is 0 Å². The lowest BCUT2D eigenvalue weighted by Gasteiger charge is -2.23. The van der Waals surface area contributed by atoms with Crippen LogP contribution in [-0.4, -0.2) is 22.4 Å². The second-order valence-electron chi connectivity index (χ2n) is 2.73.